The van der Waals surface area contributed by atoms with E-state index >= 15 is 0 Å². The van der Waals surface area contributed by atoms with E-state index in [-0.39, 0.29) is 18.4 Å². The number of halogens is 1. The van der Waals surface area contributed by atoms with Gasteiger partial charge in [0.15, 0.2) is 0 Å². The van der Waals surface area contributed by atoms with E-state index in [1.165, 1.54) is 0 Å². The number of hydrogen-bond acceptors (Lipinski definition) is 4. The van der Waals surface area contributed by atoms with Gasteiger partial charge >= 0.3 is 6.09 Å². The number of piperidine rings is 1. The number of rotatable bonds is 4. The van der Waals surface area contributed by atoms with Gasteiger partial charge in [-0.25, -0.2) is 4.79 Å². The molecule has 7 heteroatoms. The maximum absolute atomic E-state index is 11.8. The van der Waals surface area contributed by atoms with Crippen LogP contribution in [0.15, 0.2) is 18.2 Å². The highest BCUT2D eigenvalue weighted by atomic mass is 35.5. The lowest BCUT2D eigenvalue weighted by Gasteiger charge is -2.31. The Morgan fingerprint density at radius 1 is 1.39 bits per heavy atom. The molecule has 2 rings (SSSR count). The Bertz CT molecular complexity index is 572. The number of aryl methyl sites for hydroxylation is 1. The molecule has 1 fully saturated rings. The normalized spacial score (nSPS) is 15.3. The third kappa shape index (κ3) is 5.11. The van der Waals surface area contributed by atoms with Crippen LogP contribution in [-0.2, 0) is 9.53 Å². The van der Waals surface area contributed by atoms with Crippen LogP contribution in [0.3, 0.4) is 0 Å². The van der Waals surface area contributed by atoms with Gasteiger partial charge in [0.1, 0.15) is 0 Å². The number of carbonyl (C=O) groups is 2. The number of likely N-dealkylation sites (tertiary alicyclic amines) is 1. The van der Waals surface area contributed by atoms with E-state index in [0.29, 0.717) is 30.4 Å². The Morgan fingerprint density at radius 2 is 2.09 bits per heavy atom. The zero-order valence-electron chi connectivity index (χ0n) is 13.2. The second-order valence-electron chi connectivity index (χ2n) is 5.74. The molecular formula is C16H22ClN3O3. The van der Waals surface area contributed by atoms with E-state index in [2.05, 4.69) is 5.32 Å². The summed E-state index contributed by atoms with van der Waals surface area (Å²) < 4.78 is 5.26. The van der Waals surface area contributed by atoms with Crippen molar-refractivity contribution >= 4 is 29.3 Å². The van der Waals surface area contributed by atoms with Gasteiger partial charge in [0.05, 0.1) is 23.9 Å². The number of anilines is 1. The van der Waals surface area contributed by atoms with Crippen molar-refractivity contribution in [1.29, 1.82) is 0 Å². The van der Waals surface area contributed by atoms with E-state index in [1.807, 2.05) is 13.0 Å². The summed E-state index contributed by atoms with van der Waals surface area (Å²) in [7, 11) is 0. The lowest BCUT2D eigenvalue weighted by molar-refractivity contribution is -0.131. The molecule has 0 aromatic heterocycles. The molecule has 0 saturated carbocycles. The van der Waals surface area contributed by atoms with Crippen LogP contribution in [-0.4, -0.2) is 43.1 Å². The lowest BCUT2D eigenvalue weighted by atomic mass is 9.98. The Hall–Kier alpha value is -1.79. The summed E-state index contributed by atoms with van der Waals surface area (Å²) in [6, 6.07) is 5.39. The molecular weight excluding hydrogens is 318 g/mol. The van der Waals surface area contributed by atoms with Crippen LogP contribution in [0.2, 0.25) is 5.02 Å². The van der Waals surface area contributed by atoms with Gasteiger partial charge < -0.3 is 15.4 Å². The standard InChI is InChI=1S/C16H22ClN3O3/c1-11-2-3-14(13(17)8-11)19-16(22)23-10-12-4-6-20(7-5-12)15(21)9-18/h2-3,8,12H,4-7,9-10,18H2,1H3,(H,19,22). The SMILES string of the molecule is Cc1ccc(NC(=O)OCC2CCN(C(=O)CN)CC2)c(Cl)c1. The second kappa shape index (κ2) is 8.17. The Balaban J connectivity index is 1.74. The predicted molar refractivity (Wildman–Crippen MR) is 89.5 cm³/mol. The fourth-order valence-electron chi connectivity index (χ4n) is 2.54. The van der Waals surface area contributed by atoms with Gasteiger partial charge in [0, 0.05) is 13.1 Å². The Morgan fingerprint density at radius 3 is 2.70 bits per heavy atom. The first-order valence-corrected chi connectivity index (χ1v) is 8.05. The largest absolute Gasteiger partial charge is 0.449 e. The molecule has 0 spiro atoms. The van der Waals surface area contributed by atoms with Crippen LogP contribution < -0.4 is 11.1 Å². The van der Waals surface area contributed by atoms with Crippen molar-refractivity contribution in [2.24, 2.45) is 11.7 Å². The van der Waals surface area contributed by atoms with Gasteiger partial charge in [-0.2, -0.15) is 0 Å². The smallest absolute Gasteiger partial charge is 0.411 e. The molecule has 2 amide bonds. The summed E-state index contributed by atoms with van der Waals surface area (Å²) in [5, 5.41) is 3.12. The zero-order valence-corrected chi connectivity index (χ0v) is 13.9. The molecule has 0 aliphatic carbocycles. The van der Waals surface area contributed by atoms with Gasteiger partial charge in [-0.3, -0.25) is 10.1 Å². The van der Waals surface area contributed by atoms with Crippen LogP contribution in [0.1, 0.15) is 18.4 Å². The monoisotopic (exact) mass is 339 g/mol. The van der Waals surface area contributed by atoms with E-state index in [0.717, 1.165) is 18.4 Å². The highest BCUT2D eigenvalue weighted by Crippen LogP contribution is 2.23. The first-order valence-electron chi connectivity index (χ1n) is 7.67. The highest BCUT2D eigenvalue weighted by Gasteiger charge is 2.23. The number of hydrogen-bond donors (Lipinski definition) is 2. The zero-order chi connectivity index (χ0) is 16.8. The maximum Gasteiger partial charge on any atom is 0.411 e. The quantitative estimate of drug-likeness (QED) is 0.882. The van der Waals surface area contributed by atoms with Gasteiger partial charge in [0.25, 0.3) is 0 Å². The average molecular weight is 340 g/mol. The molecule has 1 heterocycles. The highest BCUT2D eigenvalue weighted by molar-refractivity contribution is 6.33. The molecule has 0 radical (unpaired) electrons. The molecule has 1 aliphatic rings. The molecule has 126 valence electrons. The molecule has 23 heavy (non-hydrogen) atoms. The van der Waals surface area contributed by atoms with Crippen molar-refractivity contribution in [2.45, 2.75) is 19.8 Å². The van der Waals surface area contributed by atoms with Crippen LogP contribution in [0.4, 0.5) is 10.5 Å². The Kier molecular flexibility index (Phi) is 6.24. The van der Waals surface area contributed by atoms with Gasteiger partial charge in [0.2, 0.25) is 5.91 Å². The number of nitrogens with zero attached hydrogens (tertiary/aromatic N) is 1. The van der Waals surface area contributed by atoms with Crippen molar-refractivity contribution in [1.82, 2.24) is 4.90 Å². The number of nitrogens with one attached hydrogen (secondary N) is 1. The molecule has 0 atom stereocenters. The van der Waals surface area contributed by atoms with E-state index in [4.69, 9.17) is 22.1 Å². The third-order valence-corrected chi connectivity index (χ3v) is 4.27. The fourth-order valence-corrected chi connectivity index (χ4v) is 2.82. The van der Waals surface area contributed by atoms with Crippen LogP contribution in [0.25, 0.3) is 0 Å². The van der Waals surface area contributed by atoms with Gasteiger partial charge in [-0.1, -0.05) is 17.7 Å². The molecule has 1 aromatic rings. The molecule has 6 nitrogen and oxygen atoms in total. The minimum atomic E-state index is -0.517. The summed E-state index contributed by atoms with van der Waals surface area (Å²) in [5.74, 6) is 0.229. The number of amides is 2. The van der Waals surface area contributed by atoms with Crippen LogP contribution in [0, 0.1) is 12.8 Å². The summed E-state index contributed by atoms with van der Waals surface area (Å²) in [6.45, 7) is 3.63. The van der Waals surface area contributed by atoms with Crippen molar-refractivity contribution < 1.29 is 14.3 Å². The molecule has 1 aromatic carbocycles. The number of carbonyl (C=O) groups excluding carboxylic acids is 2. The molecule has 0 bridgehead atoms. The molecule has 3 N–H and O–H groups in total. The minimum absolute atomic E-state index is 0.0314. The minimum Gasteiger partial charge on any atom is -0.449 e. The lowest BCUT2D eigenvalue weighted by Crippen LogP contribution is -2.42. The first kappa shape index (κ1) is 17.6. The molecule has 1 saturated heterocycles. The number of benzene rings is 1. The Labute approximate surface area is 140 Å². The van der Waals surface area contributed by atoms with Crippen molar-refractivity contribution in [3.63, 3.8) is 0 Å². The topological polar surface area (TPSA) is 84.7 Å². The summed E-state index contributed by atoms with van der Waals surface area (Å²) >= 11 is 6.06. The van der Waals surface area contributed by atoms with E-state index in [9.17, 15) is 9.59 Å². The molecule has 1 aliphatic heterocycles. The predicted octanol–water partition coefficient (Wildman–Crippen LogP) is 2.39. The van der Waals surface area contributed by atoms with Crippen LogP contribution >= 0.6 is 11.6 Å². The van der Waals surface area contributed by atoms with E-state index < -0.39 is 6.09 Å². The van der Waals surface area contributed by atoms with Crippen molar-refractivity contribution in [3.05, 3.63) is 28.8 Å². The van der Waals surface area contributed by atoms with Crippen molar-refractivity contribution in [2.75, 3.05) is 31.6 Å². The average Bonchev–Trinajstić information content (AvgIpc) is 2.55. The van der Waals surface area contributed by atoms with Gasteiger partial charge in [-0.05, 0) is 43.4 Å². The first-order chi connectivity index (χ1) is 11.0. The van der Waals surface area contributed by atoms with Crippen molar-refractivity contribution in [3.8, 4) is 0 Å². The summed E-state index contributed by atoms with van der Waals surface area (Å²) in [5.41, 5.74) is 6.91. The van der Waals surface area contributed by atoms with Crippen LogP contribution in [0.5, 0.6) is 0 Å². The maximum atomic E-state index is 11.8. The molecule has 0 unspecified atom stereocenters. The fraction of sp³-hybridized carbons (Fsp3) is 0.500. The van der Waals surface area contributed by atoms with E-state index in [1.54, 1.807) is 17.0 Å². The third-order valence-electron chi connectivity index (χ3n) is 3.95. The number of nitrogens with two attached hydrogens (primary N) is 1. The van der Waals surface area contributed by atoms with Gasteiger partial charge in [-0.15, -0.1) is 0 Å². The summed E-state index contributed by atoms with van der Waals surface area (Å²) in [6.07, 6.45) is 1.10. The second-order valence-corrected chi connectivity index (χ2v) is 6.14. The number of ether oxygens (including phenoxy) is 1. The summed E-state index contributed by atoms with van der Waals surface area (Å²) in [4.78, 5) is 25.1.